The van der Waals surface area contributed by atoms with Crippen molar-refractivity contribution in [1.82, 2.24) is 4.98 Å². The number of amides is 2. The molecule has 8 heteroatoms. The molecule has 1 unspecified atom stereocenters. The number of carbonyl (C=O) groups is 2. The average Bonchev–Trinajstić information content (AvgIpc) is 3.09. The van der Waals surface area contributed by atoms with Crippen molar-refractivity contribution < 1.29 is 23.8 Å². The number of aromatic nitrogens is 1. The third-order valence-electron chi connectivity index (χ3n) is 4.39. The summed E-state index contributed by atoms with van der Waals surface area (Å²) in [5.41, 5.74) is 1.22. The number of nitrogens with zero attached hydrogens (tertiary/aromatic N) is 2. The van der Waals surface area contributed by atoms with E-state index in [0.717, 1.165) is 0 Å². The minimum atomic E-state index is -0.451. The number of nitrogens with one attached hydrogen (secondary N) is 1. The highest BCUT2D eigenvalue weighted by Crippen LogP contribution is 2.34. The van der Waals surface area contributed by atoms with E-state index in [1.165, 1.54) is 20.4 Å². The Morgan fingerprint density at radius 2 is 1.89 bits per heavy atom. The van der Waals surface area contributed by atoms with Crippen LogP contribution in [0.3, 0.4) is 0 Å². The van der Waals surface area contributed by atoms with Gasteiger partial charge in [0.2, 0.25) is 17.7 Å². The van der Waals surface area contributed by atoms with Crippen LogP contribution in [0.1, 0.15) is 6.42 Å². The Hall–Kier alpha value is -3.29. The first-order valence-corrected chi connectivity index (χ1v) is 8.39. The van der Waals surface area contributed by atoms with Gasteiger partial charge in [-0.2, -0.15) is 0 Å². The molecule has 0 spiro atoms. The van der Waals surface area contributed by atoms with Crippen molar-refractivity contribution >= 4 is 23.2 Å². The maximum absolute atomic E-state index is 12.5. The van der Waals surface area contributed by atoms with E-state index in [1.54, 1.807) is 42.3 Å². The van der Waals surface area contributed by atoms with E-state index in [1.807, 2.05) is 0 Å². The molecule has 8 nitrogen and oxygen atoms in total. The number of rotatable bonds is 6. The van der Waals surface area contributed by atoms with Gasteiger partial charge in [-0.3, -0.25) is 9.59 Å². The van der Waals surface area contributed by atoms with Gasteiger partial charge in [-0.15, -0.1) is 0 Å². The summed E-state index contributed by atoms with van der Waals surface area (Å²) < 4.78 is 15.5. The van der Waals surface area contributed by atoms with Gasteiger partial charge >= 0.3 is 0 Å². The van der Waals surface area contributed by atoms with Gasteiger partial charge in [0.1, 0.15) is 0 Å². The van der Waals surface area contributed by atoms with Gasteiger partial charge in [0.05, 0.1) is 39.1 Å². The zero-order valence-electron chi connectivity index (χ0n) is 15.4. The molecular weight excluding hydrogens is 350 g/mol. The Morgan fingerprint density at radius 3 is 2.52 bits per heavy atom. The van der Waals surface area contributed by atoms with E-state index in [0.29, 0.717) is 35.3 Å². The topological polar surface area (TPSA) is 90.0 Å². The smallest absolute Gasteiger partial charge is 0.229 e. The van der Waals surface area contributed by atoms with Gasteiger partial charge < -0.3 is 24.4 Å². The maximum atomic E-state index is 12.5. The summed E-state index contributed by atoms with van der Waals surface area (Å²) in [7, 11) is 4.60. The van der Waals surface area contributed by atoms with Crippen LogP contribution in [0.25, 0.3) is 0 Å². The van der Waals surface area contributed by atoms with Crippen LogP contribution in [0.5, 0.6) is 17.4 Å². The predicted molar refractivity (Wildman–Crippen MR) is 99.4 cm³/mol. The minimum Gasteiger partial charge on any atom is -0.493 e. The van der Waals surface area contributed by atoms with Crippen LogP contribution in [-0.4, -0.2) is 44.7 Å². The zero-order valence-corrected chi connectivity index (χ0v) is 15.4. The largest absolute Gasteiger partial charge is 0.493 e. The molecule has 0 aliphatic carbocycles. The molecule has 0 saturated carbocycles. The number of benzene rings is 1. The van der Waals surface area contributed by atoms with Gasteiger partial charge in [-0.1, -0.05) is 0 Å². The Labute approximate surface area is 157 Å². The third-order valence-corrected chi connectivity index (χ3v) is 4.39. The number of carbonyl (C=O) groups excluding carboxylic acids is 2. The van der Waals surface area contributed by atoms with Crippen molar-refractivity contribution in [3.63, 3.8) is 0 Å². The van der Waals surface area contributed by atoms with E-state index in [9.17, 15) is 9.59 Å². The highest BCUT2D eigenvalue weighted by atomic mass is 16.5. The minimum absolute atomic E-state index is 0.116. The van der Waals surface area contributed by atoms with Crippen molar-refractivity contribution in [2.75, 3.05) is 38.1 Å². The predicted octanol–water partition coefficient (Wildman–Crippen LogP) is 2.10. The van der Waals surface area contributed by atoms with Crippen LogP contribution in [0.4, 0.5) is 11.4 Å². The first-order valence-electron chi connectivity index (χ1n) is 8.39. The van der Waals surface area contributed by atoms with E-state index >= 15 is 0 Å². The summed E-state index contributed by atoms with van der Waals surface area (Å²) in [6.45, 7) is 0.295. The number of anilines is 2. The number of hydrogen-bond acceptors (Lipinski definition) is 6. The van der Waals surface area contributed by atoms with E-state index in [-0.39, 0.29) is 18.2 Å². The molecule has 2 amide bonds. The highest BCUT2D eigenvalue weighted by molar-refractivity contribution is 6.03. The summed E-state index contributed by atoms with van der Waals surface area (Å²) in [5.74, 6) is 0.777. The van der Waals surface area contributed by atoms with E-state index < -0.39 is 5.92 Å². The standard InChI is InChI=1S/C19H21N3O5/c1-25-15-6-5-14(9-16(15)26-2)22-11-12(8-18(22)23)19(24)21-13-4-7-17(27-3)20-10-13/h4-7,9-10,12H,8,11H2,1-3H3,(H,21,24). The second-order valence-electron chi connectivity index (χ2n) is 6.02. The Kier molecular flexibility index (Phi) is 5.44. The molecule has 2 heterocycles. The summed E-state index contributed by atoms with van der Waals surface area (Å²) in [4.78, 5) is 30.6. The van der Waals surface area contributed by atoms with Crippen molar-refractivity contribution in [3.05, 3.63) is 36.5 Å². The fourth-order valence-electron chi connectivity index (χ4n) is 2.94. The molecule has 1 aromatic heterocycles. The number of hydrogen-bond donors (Lipinski definition) is 1. The van der Waals surface area contributed by atoms with Crippen molar-refractivity contribution in [1.29, 1.82) is 0 Å². The number of ether oxygens (including phenoxy) is 3. The van der Waals surface area contributed by atoms with Gasteiger partial charge in [0.15, 0.2) is 11.5 Å². The summed E-state index contributed by atoms with van der Waals surface area (Å²) >= 11 is 0. The van der Waals surface area contributed by atoms with Crippen molar-refractivity contribution in [2.45, 2.75) is 6.42 Å². The lowest BCUT2D eigenvalue weighted by Gasteiger charge is -2.18. The third kappa shape index (κ3) is 3.94. The van der Waals surface area contributed by atoms with Crippen molar-refractivity contribution in [2.24, 2.45) is 5.92 Å². The van der Waals surface area contributed by atoms with Gasteiger partial charge in [0, 0.05) is 30.8 Å². The Morgan fingerprint density at radius 1 is 1.11 bits per heavy atom. The fourth-order valence-corrected chi connectivity index (χ4v) is 2.94. The first kappa shape index (κ1) is 18.5. The molecule has 1 aliphatic heterocycles. The first-order chi connectivity index (χ1) is 13.0. The van der Waals surface area contributed by atoms with E-state index in [4.69, 9.17) is 14.2 Å². The summed E-state index contributed by atoms with van der Waals surface area (Å²) in [6.07, 6.45) is 1.66. The lowest BCUT2D eigenvalue weighted by atomic mass is 10.1. The van der Waals surface area contributed by atoms with E-state index in [2.05, 4.69) is 10.3 Å². The van der Waals surface area contributed by atoms with Crippen LogP contribution < -0.4 is 24.4 Å². The second-order valence-corrected chi connectivity index (χ2v) is 6.02. The molecule has 1 atom stereocenters. The lowest BCUT2D eigenvalue weighted by Crippen LogP contribution is -2.28. The highest BCUT2D eigenvalue weighted by Gasteiger charge is 2.35. The van der Waals surface area contributed by atoms with Crippen molar-refractivity contribution in [3.8, 4) is 17.4 Å². The molecule has 0 bridgehead atoms. The molecule has 0 radical (unpaired) electrons. The normalized spacial score (nSPS) is 16.2. The van der Waals surface area contributed by atoms with Gasteiger partial charge in [-0.05, 0) is 18.2 Å². The molecule has 1 aliphatic rings. The van der Waals surface area contributed by atoms with Gasteiger partial charge in [0.25, 0.3) is 0 Å². The van der Waals surface area contributed by atoms with Crippen LogP contribution >= 0.6 is 0 Å². The number of methoxy groups -OCH3 is 3. The Balaban J connectivity index is 1.70. The second kappa shape index (κ2) is 7.94. The Bertz CT molecular complexity index is 838. The molecular formula is C19H21N3O5. The molecule has 1 saturated heterocycles. The van der Waals surface area contributed by atoms with Gasteiger partial charge in [-0.25, -0.2) is 4.98 Å². The van der Waals surface area contributed by atoms with Crippen LogP contribution in [0.2, 0.25) is 0 Å². The molecule has 1 fully saturated rings. The maximum Gasteiger partial charge on any atom is 0.229 e. The fraction of sp³-hybridized carbons (Fsp3) is 0.316. The van der Waals surface area contributed by atoms with Crippen LogP contribution in [0.15, 0.2) is 36.5 Å². The summed E-state index contributed by atoms with van der Waals surface area (Å²) in [6, 6.07) is 8.59. The average molecular weight is 371 g/mol. The molecule has 27 heavy (non-hydrogen) atoms. The quantitative estimate of drug-likeness (QED) is 0.836. The molecule has 2 aromatic rings. The monoisotopic (exact) mass is 371 g/mol. The van der Waals surface area contributed by atoms with Crippen LogP contribution in [0, 0.1) is 5.92 Å². The zero-order chi connectivity index (χ0) is 19.4. The lowest BCUT2D eigenvalue weighted by molar-refractivity contribution is -0.122. The SMILES string of the molecule is COc1ccc(NC(=O)C2CC(=O)N(c3ccc(OC)c(OC)c3)C2)cn1. The van der Waals surface area contributed by atoms with Crippen LogP contribution in [-0.2, 0) is 9.59 Å². The molecule has 142 valence electrons. The number of pyridine rings is 1. The summed E-state index contributed by atoms with van der Waals surface area (Å²) in [5, 5.41) is 2.79. The molecule has 3 rings (SSSR count). The molecule has 1 aromatic carbocycles. The molecule has 1 N–H and O–H groups in total.